The topological polar surface area (TPSA) is 81.4 Å². The van der Waals surface area contributed by atoms with Gasteiger partial charge in [0.05, 0.1) is 25.5 Å². The van der Waals surface area contributed by atoms with Gasteiger partial charge in [0.1, 0.15) is 24.0 Å². The maximum atomic E-state index is 13.9. The van der Waals surface area contributed by atoms with E-state index >= 15 is 0 Å². The summed E-state index contributed by atoms with van der Waals surface area (Å²) in [5.74, 6) is 0.945. The molecule has 0 bridgehead atoms. The molecule has 0 radical (unpaired) electrons. The van der Waals surface area contributed by atoms with E-state index in [9.17, 15) is 9.18 Å². The molecule has 9 nitrogen and oxygen atoms in total. The van der Waals surface area contributed by atoms with Crippen molar-refractivity contribution in [1.82, 2.24) is 19.5 Å². The molecule has 10 heteroatoms. The molecule has 4 rings (SSSR count). The zero-order valence-electron chi connectivity index (χ0n) is 17.5. The number of rotatable bonds is 6. The van der Waals surface area contributed by atoms with Crippen molar-refractivity contribution in [3.8, 4) is 16.9 Å². The molecule has 31 heavy (non-hydrogen) atoms. The number of aromatic nitrogens is 3. The monoisotopic (exact) mass is 429 g/mol. The van der Waals surface area contributed by atoms with Gasteiger partial charge in [-0.2, -0.15) is 5.10 Å². The SMILES string of the molecule is COCCOC(=O)N1CCN(c2ccn3ncc(-c4cc(F)ccc4OC)c3n2)CC1. The van der Waals surface area contributed by atoms with E-state index in [1.807, 2.05) is 12.3 Å². The molecule has 1 aromatic carbocycles. The van der Waals surface area contributed by atoms with E-state index in [2.05, 4.69) is 10.00 Å². The van der Waals surface area contributed by atoms with Gasteiger partial charge in [0.2, 0.25) is 0 Å². The molecule has 1 amide bonds. The molecule has 164 valence electrons. The lowest BCUT2D eigenvalue weighted by Gasteiger charge is -2.34. The highest BCUT2D eigenvalue weighted by atomic mass is 19.1. The highest BCUT2D eigenvalue weighted by Gasteiger charge is 2.23. The second-order valence-electron chi connectivity index (χ2n) is 7.04. The lowest BCUT2D eigenvalue weighted by molar-refractivity contribution is 0.0705. The van der Waals surface area contributed by atoms with Gasteiger partial charge in [-0.3, -0.25) is 0 Å². The standard InChI is InChI=1S/C21H24FN5O4/c1-29-11-12-31-21(28)26-9-7-25(8-10-26)19-5-6-27-20(24-19)17(14-23-27)16-13-15(22)3-4-18(16)30-2/h3-6,13-14H,7-12H2,1-2H3. The van der Waals surface area contributed by atoms with Gasteiger partial charge < -0.3 is 24.0 Å². The molecule has 1 aliphatic rings. The molecule has 1 fully saturated rings. The first-order chi connectivity index (χ1) is 15.1. The summed E-state index contributed by atoms with van der Waals surface area (Å²) in [4.78, 5) is 20.6. The number of ether oxygens (including phenoxy) is 3. The summed E-state index contributed by atoms with van der Waals surface area (Å²) in [6.07, 6.45) is 3.13. The van der Waals surface area contributed by atoms with Crippen LogP contribution in [-0.2, 0) is 9.47 Å². The van der Waals surface area contributed by atoms with Gasteiger partial charge in [-0.05, 0) is 24.3 Å². The van der Waals surface area contributed by atoms with Crippen molar-refractivity contribution in [3.05, 3.63) is 42.5 Å². The largest absolute Gasteiger partial charge is 0.496 e. The Morgan fingerprint density at radius 3 is 2.65 bits per heavy atom. The van der Waals surface area contributed by atoms with Crippen LogP contribution < -0.4 is 9.64 Å². The molecule has 3 heterocycles. The third-order valence-electron chi connectivity index (χ3n) is 5.18. The molecule has 0 aliphatic carbocycles. The van der Waals surface area contributed by atoms with Crippen molar-refractivity contribution in [2.24, 2.45) is 0 Å². The maximum absolute atomic E-state index is 13.9. The number of benzene rings is 1. The molecule has 0 atom stereocenters. The number of fused-ring (bicyclic) bond motifs is 1. The van der Waals surface area contributed by atoms with Crippen molar-refractivity contribution >= 4 is 17.6 Å². The quantitative estimate of drug-likeness (QED) is 0.557. The summed E-state index contributed by atoms with van der Waals surface area (Å²) >= 11 is 0. The third-order valence-corrected chi connectivity index (χ3v) is 5.18. The second-order valence-corrected chi connectivity index (χ2v) is 7.04. The Morgan fingerprint density at radius 1 is 1.10 bits per heavy atom. The van der Waals surface area contributed by atoms with Crippen LogP contribution in [0.3, 0.4) is 0 Å². The molecule has 0 N–H and O–H groups in total. The zero-order valence-corrected chi connectivity index (χ0v) is 17.5. The Hall–Kier alpha value is -3.40. The van der Waals surface area contributed by atoms with Crippen LogP contribution >= 0.6 is 0 Å². The summed E-state index contributed by atoms with van der Waals surface area (Å²) in [7, 11) is 3.10. The van der Waals surface area contributed by atoms with Gasteiger partial charge in [0.25, 0.3) is 0 Å². The first-order valence-corrected chi connectivity index (χ1v) is 9.94. The summed E-state index contributed by atoms with van der Waals surface area (Å²) in [6.45, 7) is 2.91. The summed E-state index contributed by atoms with van der Waals surface area (Å²) in [5.41, 5.74) is 1.87. The van der Waals surface area contributed by atoms with Gasteiger partial charge >= 0.3 is 6.09 Å². The predicted molar refractivity (Wildman–Crippen MR) is 112 cm³/mol. The van der Waals surface area contributed by atoms with Crippen LogP contribution in [0.5, 0.6) is 5.75 Å². The normalized spacial score (nSPS) is 14.2. The Labute approximate surface area is 178 Å². The fraction of sp³-hybridized carbons (Fsp3) is 0.381. The van der Waals surface area contributed by atoms with Crippen molar-refractivity contribution in [1.29, 1.82) is 0 Å². The Kier molecular flexibility index (Phi) is 6.17. The van der Waals surface area contributed by atoms with Crippen LogP contribution in [0.4, 0.5) is 15.0 Å². The highest BCUT2D eigenvalue weighted by molar-refractivity contribution is 5.81. The van der Waals surface area contributed by atoms with E-state index in [-0.39, 0.29) is 18.5 Å². The van der Waals surface area contributed by atoms with E-state index in [1.165, 1.54) is 12.1 Å². The fourth-order valence-corrected chi connectivity index (χ4v) is 3.54. The molecule has 3 aromatic rings. The molecular formula is C21H24FN5O4. The Bertz CT molecular complexity index is 1070. The predicted octanol–water partition coefficient (Wildman–Crippen LogP) is 2.45. The number of nitrogens with zero attached hydrogens (tertiary/aromatic N) is 5. The summed E-state index contributed by atoms with van der Waals surface area (Å²) in [6, 6.07) is 6.23. The van der Waals surface area contributed by atoms with Crippen molar-refractivity contribution in [2.45, 2.75) is 0 Å². The maximum Gasteiger partial charge on any atom is 0.409 e. The van der Waals surface area contributed by atoms with E-state index in [4.69, 9.17) is 19.2 Å². The minimum Gasteiger partial charge on any atom is -0.496 e. The van der Waals surface area contributed by atoms with Crippen LogP contribution in [0.15, 0.2) is 36.7 Å². The molecule has 0 spiro atoms. The van der Waals surface area contributed by atoms with Crippen LogP contribution in [0.25, 0.3) is 16.8 Å². The first-order valence-electron chi connectivity index (χ1n) is 9.94. The van der Waals surface area contributed by atoms with Gasteiger partial charge in [-0.25, -0.2) is 18.7 Å². The minimum absolute atomic E-state index is 0.237. The van der Waals surface area contributed by atoms with Crippen molar-refractivity contribution in [3.63, 3.8) is 0 Å². The number of piperazine rings is 1. The lowest BCUT2D eigenvalue weighted by Crippen LogP contribution is -2.49. The molecule has 1 aliphatic heterocycles. The van der Waals surface area contributed by atoms with Gasteiger partial charge in [0.15, 0.2) is 5.65 Å². The lowest BCUT2D eigenvalue weighted by atomic mass is 10.1. The van der Waals surface area contributed by atoms with Crippen molar-refractivity contribution in [2.75, 3.05) is 58.5 Å². The number of hydrogen-bond acceptors (Lipinski definition) is 7. The number of amides is 1. The van der Waals surface area contributed by atoms with E-state index in [0.717, 1.165) is 5.82 Å². The number of carbonyl (C=O) groups is 1. The van der Waals surface area contributed by atoms with E-state index in [1.54, 1.807) is 35.9 Å². The fourth-order valence-electron chi connectivity index (χ4n) is 3.54. The number of hydrogen-bond donors (Lipinski definition) is 0. The van der Waals surface area contributed by atoms with Crippen molar-refractivity contribution < 1.29 is 23.4 Å². The Morgan fingerprint density at radius 2 is 1.90 bits per heavy atom. The third kappa shape index (κ3) is 4.38. The van der Waals surface area contributed by atoms with Crippen LogP contribution in [0, 0.1) is 5.82 Å². The number of anilines is 1. The average Bonchev–Trinajstić information content (AvgIpc) is 3.22. The molecule has 0 saturated carbocycles. The van der Waals surface area contributed by atoms with Crippen LogP contribution in [-0.4, -0.2) is 79.2 Å². The first kappa shape index (κ1) is 20.9. The summed E-state index contributed by atoms with van der Waals surface area (Å²) < 4.78 is 31.0. The highest BCUT2D eigenvalue weighted by Crippen LogP contribution is 2.33. The van der Waals surface area contributed by atoms with Gasteiger partial charge in [-0.1, -0.05) is 0 Å². The number of methoxy groups -OCH3 is 2. The molecule has 1 saturated heterocycles. The number of halogens is 1. The molecule has 0 unspecified atom stereocenters. The Balaban J connectivity index is 1.53. The van der Waals surface area contributed by atoms with Gasteiger partial charge in [0, 0.05) is 45.0 Å². The average molecular weight is 429 g/mol. The minimum atomic E-state index is -0.361. The van der Waals surface area contributed by atoms with E-state index in [0.29, 0.717) is 55.3 Å². The van der Waals surface area contributed by atoms with Gasteiger partial charge in [-0.15, -0.1) is 0 Å². The van der Waals surface area contributed by atoms with E-state index < -0.39 is 0 Å². The summed E-state index contributed by atoms with van der Waals surface area (Å²) in [5, 5.41) is 4.34. The molecular weight excluding hydrogens is 405 g/mol. The molecule has 2 aromatic heterocycles. The smallest absolute Gasteiger partial charge is 0.409 e. The van der Waals surface area contributed by atoms with Crippen LogP contribution in [0.1, 0.15) is 0 Å². The zero-order chi connectivity index (χ0) is 21.8. The van der Waals surface area contributed by atoms with Crippen LogP contribution in [0.2, 0.25) is 0 Å². The number of carbonyl (C=O) groups excluding carboxylic acids is 1. The second kappa shape index (κ2) is 9.17.